The van der Waals surface area contributed by atoms with E-state index in [0.717, 1.165) is 29.9 Å². The summed E-state index contributed by atoms with van der Waals surface area (Å²) in [5.74, 6) is -1.86. The summed E-state index contributed by atoms with van der Waals surface area (Å²) in [5, 5.41) is 0. The lowest BCUT2D eigenvalue weighted by atomic mass is 9.89. The number of hydrogen-bond acceptors (Lipinski definition) is 4. The van der Waals surface area contributed by atoms with Crippen LogP contribution in [0.2, 0.25) is 0 Å². The molecular weight excluding hydrogens is 425 g/mol. The Labute approximate surface area is 182 Å². The van der Waals surface area contributed by atoms with Crippen LogP contribution in [-0.2, 0) is 22.1 Å². The van der Waals surface area contributed by atoms with Crippen LogP contribution in [0.25, 0.3) is 0 Å². The van der Waals surface area contributed by atoms with Gasteiger partial charge in [-0.1, -0.05) is 18.2 Å². The molecular formula is C23H21F3N2O4. The molecule has 168 valence electrons. The van der Waals surface area contributed by atoms with Crippen LogP contribution in [0.3, 0.4) is 0 Å². The third-order valence-corrected chi connectivity index (χ3v) is 5.75. The zero-order valence-corrected chi connectivity index (χ0v) is 17.0. The van der Waals surface area contributed by atoms with Crippen molar-refractivity contribution in [3.05, 3.63) is 70.3 Å². The molecule has 1 unspecified atom stereocenters. The maximum atomic E-state index is 13.4. The maximum absolute atomic E-state index is 13.4. The van der Waals surface area contributed by atoms with Crippen molar-refractivity contribution in [2.24, 2.45) is 11.7 Å². The molecule has 1 saturated carbocycles. The van der Waals surface area contributed by atoms with E-state index >= 15 is 0 Å². The van der Waals surface area contributed by atoms with E-state index in [4.69, 9.17) is 10.5 Å². The first kappa shape index (κ1) is 21.9. The van der Waals surface area contributed by atoms with Crippen molar-refractivity contribution in [2.75, 3.05) is 13.2 Å². The first-order valence-electron chi connectivity index (χ1n) is 10.2. The largest absolute Gasteiger partial charge is 0.462 e. The van der Waals surface area contributed by atoms with Crippen LogP contribution in [0.1, 0.15) is 56.3 Å². The minimum atomic E-state index is -4.72. The average Bonchev–Trinajstić information content (AvgIpc) is 3.59. The number of carbonyl (C=O) groups excluding carboxylic acids is 3. The fourth-order valence-electron chi connectivity index (χ4n) is 3.91. The standard InChI is InChI=1S/C23H21F3N2O4/c24-23(25,26)18-4-2-1-3-17(18)21(30)28-10-9-14-11-15(22(31)32-12-13-5-6-13)7-8-16(14)19(28)20(27)29/h1-4,7-8,11,13,19H,5-6,9-10,12H2,(H2,27,29). The van der Waals surface area contributed by atoms with Crippen LogP contribution in [0.15, 0.2) is 42.5 Å². The number of carbonyl (C=O) groups is 3. The van der Waals surface area contributed by atoms with Crippen LogP contribution >= 0.6 is 0 Å². The van der Waals surface area contributed by atoms with Crippen LogP contribution < -0.4 is 5.73 Å². The fourth-order valence-corrected chi connectivity index (χ4v) is 3.91. The van der Waals surface area contributed by atoms with Crippen LogP contribution in [0.4, 0.5) is 13.2 Å². The summed E-state index contributed by atoms with van der Waals surface area (Å²) >= 11 is 0. The molecule has 2 aromatic carbocycles. The summed E-state index contributed by atoms with van der Waals surface area (Å²) in [5.41, 5.74) is 5.26. The number of fused-ring (bicyclic) bond motifs is 1. The molecule has 4 rings (SSSR count). The van der Waals surface area contributed by atoms with E-state index in [2.05, 4.69) is 0 Å². The lowest BCUT2D eigenvalue weighted by Crippen LogP contribution is -2.46. The first-order chi connectivity index (χ1) is 15.2. The van der Waals surface area contributed by atoms with Gasteiger partial charge >= 0.3 is 12.1 Å². The number of hydrogen-bond donors (Lipinski definition) is 1. The molecule has 1 heterocycles. The Kier molecular flexibility index (Phi) is 5.66. The number of nitrogens with two attached hydrogens (primary N) is 1. The van der Waals surface area contributed by atoms with E-state index in [9.17, 15) is 27.6 Å². The Hall–Kier alpha value is -3.36. The van der Waals surface area contributed by atoms with Gasteiger partial charge in [-0.2, -0.15) is 13.2 Å². The van der Waals surface area contributed by atoms with Gasteiger partial charge < -0.3 is 15.4 Å². The topological polar surface area (TPSA) is 89.7 Å². The number of amides is 2. The van der Waals surface area contributed by atoms with E-state index in [1.165, 1.54) is 24.3 Å². The van der Waals surface area contributed by atoms with Crippen molar-refractivity contribution in [3.8, 4) is 0 Å². The predicted molar refractivity (Wildman–Crippen MR) is 108 cm³/mol. The number of esters is 1. The molecule has 1 atom stereocenters. The van der Waals surface area contributed by atoms with Gasteiger partial charge in [0.1, 0.15) is 6.04 Å². The molecule has 2 amide bonds. The zero-order valence-electron chi connectivity index (χ0n) is 17.0. The van der Waals surface area contributed by atoms with E-state index in [0.29, 0.717) is 29.2 Å². The highest BCUT2D eigenvalue weighted by molar-refractivity contribution is 5.99. The molecule has 2 aromatic rings. The van der Waals surface area contributed by atoms with E-state index in [-0.39, 0.29) is 13.0 Å². The zero-order chi connectivity index (χ0) is 23.0. The molecule has 0 saturated heterocycles. The highest BCUT2D eigenvalue weighted by Gasteiger charge is 2.40. The maximum Gasteiger partial charge on any atom is 0.417 e. The molecule has 0 radical (unpaired) electrons. The molecule has 0 bridgehead atoms. The summed E-state index contributed by atoms with van der Waals surface area (Å²) in [6.07, 6.45) is -2.39. The molecule has 2 aliphatic rings. The average molecular weight is 446 g/mol. The highest BCUT2D eigenvalue weighted by Crippen LogP contribution is 2.36. The molecule has 1 aliphatic heterocycles. The molecule has 9 heteroatoms. The normalized spacial score (nSPS) is 18.1. The second-order valence-corrected chi connectivity index (χ2v) is 8.05. The summed E-state index contributed by atoms with van der Waals surface area (Å²) in [6, 6.07) is 7.76. The van der Waals surface area contributed by atoms with Gasteiger partial charge in [-0.15, -0.1) is 0 Å². The van der Waals surface area contributed by atoms with Gasteiger partial charge in [0.2, 0.25) is 5.91 Å². The van der Waals surface area contributed by atoms with Gasteiger partial charge in [-0.25, -0.2) is 4.79 Å². The predicted octanol–water partition coefficient (Wildman–Crippen LogP) is 3.50. The third kappa shape index (κ3) is 4.32. The monoisotopic (exact) mass is 446 g/mol. The van der Waals surface area contributed by atoms with Gasteiger partial charge in [0.25, 0.3) is 5.91 Å². The van der Waals surface area contributed by atoms with Crippen molar-refractivity contribution in [1.82, 2.24) is 4.90 Å². The lowest BCUT2D eigenvalue weighted by molar-refractivity contribution is -0.138. The van der Waals surface area contributed by atoms with Crippen LogP contribution in [0.5, 0.6) is 0 Å². The molecule has 32 heavy (non-hydrogen) atoms. The Morgan fingerprint density at radius 3 is 2.47 bits per heavy atom. The minimum Gasteiger partial charge on any atom is -0.462 e. The van der Waals surface area contributed by atoms with Crippen molar-refractivity contribution < 1.29 is 32.3 Å². The molecule has 0 spiro atoms. The van der Waals surface area contributed by atoms with Crippen molar-refractivity contribution >= 4 is 17.8 Å². The van der Waals surface area contributed by atoms with Crippen molar-refractivity contribution in [1.29, 1.82) is 0 Å². The third-order valence-electron chi connectivity index (χ3n) is 5.75. The van der Waals surface area contributed by atoms with E-state index in [1.54, 1.807) is 6.07 Å². The molecule has 0 aromatic heterocycles. The second-order valence-electron chi connectivity index (χ2n) is 8.05. The summed E-state index contributed by atoms with van der Waals surface area (Å²) in [4.78, 5) is 38.7. The number of rotatable bonds is 5. The van der Waals surface area contributed by atoms with Gasteiger partial charge in [-0.05, 0) is 60.6 Å². The Morgan fingerprint density at radius 1 is 1.09 bits per heavy atom. The Morgan fingerprint density at radius 2 is 1.81 bits per heavy atom. The number of ether oxygens (including phenoxy) is 1. The number of primary amides is 1. The van der Waals surface area contributed by atoms with Crippen LogP contribution in [0, 0.1) is 5.92 Å². The molecule has 2 N–H and O–H groups in total. The SMILES string of the molecule is NC(=O)C1c2ccc(C(=O)OCC3CC3)cc2CCN1C(=O)c1ccccc1C(F)(F)F. The summed E-state index contributed by atoms with van der Waals surface area (Å²) in [6.45, 7) is 0.340. The number of alkyl halides is 3. The van der Waals surface area contributed by atoms with Gasteiger partial charge in [-0.3, -0.25) is 9.59 Å². The first-order valence-corrected chi connectivity index (χ1v) is 10.2. The summed E-state index contributed by atoms with van der Waals surface area (Å²) < 4.78 is 45.5. The number of benzene rings is 2. The smallest absolute Gasteiger partial charge is 0.417 e. The van der Waals surface area contributed by atoms with Crippen molar-refractivity contribution in [2.45, 2.75) is 31.5 Å². The van der Waals surface area contributed by atoms with Crippen molar-refractivity contribution in [3.63, 3.8) is 0 Å². The Balaban J connectivity index is 1.63. The van der Waals surface area contributed by atoms with Gasteiger partial charge in [0.15, 0.2) is 0 Å². The fraction of sp³-hybridized carbons (Fsp3) is 0.348. The molecule has 1 fully saturated rings. The molecule has 6 nitrogen and oxygen atoms in total. The highest BCUT2D eigenvalue weighted by atomic mass is 19.4. The summed E-state index contributed by atoms with van der Waals surface area (Å²) in [7, 11) is 0. The number of nitrogens with zero attached hydrogens (tertiary/aromatic N) is 1. The van der Waals surface area contributed by atoms with Gasteiger partial charge in [0, 0.05) is 6.54 Å². The molecule has 1 aliphatic carbocycles. The van der Waals surface area contributed by atoms with Gasteiger partial charge in [0.05, 0.1) is 23.3 Å². The quantitative estimate of drug-likeness (QED) is 0.712. The second kappa shape index (κ2) is 8.29. The lowest BCUT2D eigenvalue weighted by Gasteiger charge is -2.36. The Bertz CT molecular complexity index is 1080. The van der Waals surface area contributed by atoms with Crippen LogP contribution in [-0.4, -0.2) is 35.8 Å². The number of halogens is 3. The van der Waals surface area contributed by atoms with E-state index in [1.807, 2.05) is 0 Å². The minimum absolute atomic E-state index is 0.0216. The van der Waals surface area contributed by atoms with E-state index < -0.39 is 41.1 Å².